The van der Waals surface area contributed by atoms with Crippen molar-refractivity contribution >= 4 is 43.8 Å². The molecule has 0 amide bonds. The van der Waals surface area contributed by atoms with Crippen molar-refractivity contribution in [3.63, 3.8) is 0 Å². The van der Waals surface area contributed by atoms with Gasteiger partial charge < -0.3 is 9.15 Å². The predicted octanol–water partition coefficient (Wildman–Crippen LogP) is 4.14. The van der Waals surface area contributed by atoms with Crippen molar-refractivity contribution in [1.82, 2.24) is 0 Å². The maximum absolute atomic E-state index is 11.5. The first-order valence-electron chi connectivity index (χ1n) is 5.39. The van der Waals surface area contributed by atoms with Crippen molar-refractivity contribution in [2.24, 2.45) is 0 Å². The van der Waals surface area contributed by atoms with Crippen LogP contribution in [0.3, 0.4) is 0 Å². The minimum absolute atomic E-state index is 0.344. The number of esters is 1. The van der Waals surface area contributed by atoms with Crippen LogP contribution in [-0.2, 0) is 4.74 Å². The summed E-state index contributed by atoms with van der Waals surface area (Å²) in [5.74, 6) is -0.344. The molecular formula is C14H9BrO3. The van der Waals surface area contributed by atoms with Crippen LogP contribution in [0.25, 0.3) is 21.9 Å². The molecule has 0 aliphatic rings. The van der Waals surface area contributed by atoms with Crippen molar-refractivity contribution in [3.8, 4) is 0 Å². The molecule has 0 fully saturated rings. The summed E-state index contributed by atoms with van der Waals surface area (Å²) in [6.07, 6.45) is 0. The van der Waals surface area contributed by atoms with E-state index in [-0.39, 0.29) is 5.97 Å². The van der Waals surface area contributed by atoms with E-state index in [1.54, 1.807) is 18.2 Å². The Kier molecular flexibility index (Phi) is 2.59. The zero-order valence-electron chi connectivity index (χ0n) is 9.57. The summed E-state index contributed by atoms with van der Waals surface area (Å²) in [5.41, 5.74) is 2.08. The van der Waals surface area contributed by atoms with E-state index < -0.39 is 0 Å². The molecule has 0 aliphatic carbocycles. The van der Waals surface area contributed by atoms with Gasteiger partial charge in [0.05, 0.1) is 12.7 Å². The third kappa shape index (κ3) is 1.69. The Morgan fingerprint density at radius 2 is 1.94 bits per heavy atom. The fraction of sp³-hybridized carbons (Fsp3) is 0.0714. The van der Waals surface area contributed by atoms with E-state index in [1.807, 2.05) is 18.2 Å². The van der Waals surface area contributed by atoms with Gasteiger partial charge in [-0.2, -0.15) is 0 Å². The minimum Gasteiger partial charge on any atom is -0.465 e. The zero-order valence-corrected chi connectivity index (χ0v) is 11.2. The lowest BCUT2D eigenvalue weighted by atomic mass is 10.1. The predicted molar refractivity (Wildman–Crippen MR) is 72.8 cm³/mol. The van der Waals surface area contributed by atoms with Crippen LogP contribution in [0.2, 0.25) is 0 Å². The number of hydrogen-bond acceptors (Lipinski definition) is 3. The van der Waals surface area contributed by atoms with Gasteiger partial charge in [0.15, 0.2) is 0 Å². The molecule has 0 saturated heterocycles. The number of halogens is 1. The highest BCUT2D eigenvalue weighted by atomic mass is 79.9. The summed E-state index contributed by atoms with van der Waals surface area (Å²) in [4.78, 5) is 11.5. The molecule has 4 heteroatoms. The van der Waals surface area contributed by atoms with Crippen LogP contribution in [0, 0.1) is 0 Å². The SMILES string of the molecule is COC(=O)c1ccc2oc3cc(Br)ccc3c2c1. The van der Waals surface area contributed by atoms with Crippen LogP contribution < -0.4 is 0 Å². The number of fused-ring (bicyclic) bond motifs is 3. The maximum atomic E-state index is 11.5. The normalized spacial score (nSPS) is 11.0. The van der Waals surface area contributed by atoms with Crippen molar-refractivity contribution in [1.29, 1.82) is 0 Å². The van der Waals surface area contributed by atoms with E-state index in [2.05, 4.69) is 15.9 Å². The number of furan rings is 1. The molecule has 0 N–H and O–H groups in total. The number of rotatable bonds is 1. The molecule has 0 atom stereocenters. The number of ether oxygens (including phenoxy) is 1. The van der Waals surface area contributed by atoms with Gasteiger partial charge in [0.1, 0.15) is 11.2 Å². The van der Waals surface area contributed by atoms with E-state index in [0.717, 1.165) is 26.4 Å². The fourth-order valence-corrected chi connectivity index (χ4v) is 2.34. The van der Waals surface area contributed by atoms with Gasteiger partial charge in [-0.3, -0.25) is 0 Å². The monoisotopic (exact) mass is 304 g/mol. The Bertz CT molecular complexity index is 758. The number of carbonyl (C=O) groups excluding carboxylic acids is 1. The first kappa shape index (κ1) is 11.3. The molecule has 0 spiro atoms. The number of carbonyl (C=O) groups is 1. The van der Waals surface area contributed by atoms with Crippen LogP contribution in [0.15, 0.2) is 45.3 Å². The largest absolute Gasteiger partial charge is 0.465 e. The average molecular weight is 305 g/mol. The van der Waals surface area contributed by atoms with E-state index in [4.69, 9.17) is 9.15 Å². The van der Waals surface area contributed by atoms with Gasteiger partial charge in [0, 0.05) is 15.2 Å². The summed E-state index contributed by atoms with van der Waals surface area (Å²) in [7, 11) is 1.37. The third-order valence-corrected chi connectivity index (χ3v) is 3.35. The first-order valence-corrected chi connectivity index (χ1v) is 6.18. The molecule has 0 unspecified atom stereocenters. The summed E-state index contributed by atoms with van der Waals surface area (Å²) >= 11 is 3.40. The molecule has 1 heterocycles. The van der Waals surface area contributed by atoms with Crippen molar-refractivity contribution < 1.29 is 13.9 Å². The molecule has 0 saturated carbocycles. The smallest absolute Gasteiger partial charge is 0.337 e. The number of hydrogen-bond donors (Lipinski definition) is 0. The molecule has 1 aromatic heterocycles. The molecule has 3 aromatic rings. The lowest BCUT2D eigenvalue weighted by molar-refractivity contribution is 0.0601. The van der Waals surface area contributed by atoms with Crippen molar-refractivity contribution in [3.05, 3.63) is 46.4 Å². The molecule has 18 heavy (non-hydrogen) atoms. The van der Waals surface area contributed by atoms with Crippen molar-refractivity contribution in [2.45, 2.75) is 0 Å². The lowest BCUT2D eigenvalue weighted by Gasteiger charge is -1.98. The first-order chi connectivity index (χ1) is 8.69. The highest BCUT2D eigenvalue weighted by Gasteiger charge is 2.11. The summed E-state index contributed by atoms with van der Waals surface area (Å²) in [5, 5.41) is 1.90. The quantitative estimate of drug-likeness (QED) is 0.634. The number of benzene rings is 2. The van der Waals surface area contributed by atoms with E-state index in [9.17, 15) is 4.79 Å². The lowest BCUT2D eigenvalue weighted by Crippen LogP contribution is -2.00. The number of methoxy groups -OCH3 is 1. The average Bonchev–Trinajstić information content (AvgIpc) is 2.74. The van der Waals surface area contributed by atoms with Gasteiger partial charge in [-0.15, -0.1) is 0 Å². The Morgan fingerprint density at radius 3 is 2.72 bits per heavy atom. The third-order valence-electron chi connectivity index (χ3n) is 2.85. The molecule has 3 nitrogen and oxygen atoms in total. The summed E-state index contributed by atoms with van der Waals surface area (Å²) in [6, 6.07) is 11.1. The Balaban J connectivity index is 2.32. The van der Waals surface area contributed by atoms with E-state index >= 15 is 0 Å². The van der Waals surface area contributed by atoms with Crippen LogP contribution >= 0.6 is 15.9 Å². The second-order valence-corrected chi connectivity index (χ2v) is 4.86. The van der Waals surface area contributed by atoms with E-state index in [0.29, 0.717) is 5.56 Å². The molecule has 90 valence electrons. The maximum Gasteiger partial charge on any atom is 0.337 e. The Hall–Kier alpha value is -1.81. The molecule has 0 radical (unpaired) electrons. The highest BCUT2D eigenvalue weighted by molar-refractivity contribution is 9.10. The molecule has 3 rings (SSSR count). The van der Waals surface area contributed by atoms with Crippen molar-refractivity contribution in [2.75, 3.05) is 7.11 Å². The second-order valence-electron chi connectivity index (χ2n) is 3.95. The van der Waals surface area contributed by atoms with Gasteiger partial charge in [-0.25, -0.2) is 4.79 Å². The molecule has 0 bridgehead atoms. The van der Waals surface area contributed by atoms with Gasteiger partial charge in [-0.1, -0.05) is 15.9 Å². The van der Waals surface area contributed by atoms with Gasteiger partial charge in [0.25, 0.3) is 0 Å². The van der Waals surface area contributed by atoms with Crippen LogP contribution in [0.5, 0.6) is 0 Å². The summed E-state index contributed by atoms with van der Waals surface area (Å²) < 4.78 is 11.4. The molecular weight excluding hydrogens is 296 g/mol. The Labute approximate surface area is 111 Å². The fourth-order valence-electron chi connectivity index (χ4n) is 2.00. The van der Waals surface area contributed by atoms with Crippen LogP contribution in [0.1, 0.15) is 10.4 Å². The van der Waals surface area contributed by atoms with Gasteiger partial charge in [0.2, 0.25) is 0 Å². The standard InChI is InChI=1S/C14H9BrO3/c1-17-14(16)8-2-5-12-11(6-8)10-4-3-9(15)7-13(10)18-12/h2-7H,1H3. The minimum atomic E-state index is -0.344. The van der Waals surface area contributed by atoms with Crippen LogP contribution in [-0.4, -0.2) is 13.1 Å². The Morgan fingerprint density at radius 1 is 1.11 bits per heavy atom. The van der Waals surface area contributed by atoms with Crippen LogP contribution in [0.4, 0.5) is 0 Å². The zero-order chi connectivity index (χ0) is 12.7. The molecule has 2 aromatic carbocycles. The molecule has 0 aliphatic heterocycles. The second kappa shape index (κ2) is 4.14. The highest BCUT2D eigenvalue weighted by Crippen LogP contribution is 2.31. The summed E-state index contributed by atoms with van der Waals surface area (Å²) in [6.45, 7) is 0. The topological polar surface area (TPSA) is 39.4 Å². The van der Waals surface area contributed by atoms with E-state index in [1.165, 1.54) is 7.11 Å². The van der Waals surface area contributed by atoms with Gasteiger partial charge in [-0.05, 0) is 36.4 Å². The van der Waals surface area contributed by atoms with Gasteiger partial charge >= 0.3 is 5.97 Å².